The second kappa shape index (κ2) is 4.99. The van der Waals surface area contributed by atoms with E-state index in [4.69, 9.17) is 0 Å². The summed E-state index contributed by atoms with van der Waals surface area (Å²) in [6, 6.07) is 11.1. The average Bonchev–Trinajstić information content (AvgIpc) is 2.77. The maximum absolute atomic E-state index is 4.26. The van der Waals surface area contributed by atoms with E-state index in [9.17, 15) is 0 Å². The number of hydrogen-bond donors (Lipinski definition) is 0. The van der Waals surface area contributed by atoms with Gasteiger partial charge in [-0.05, 0) is 62.9 Å². The Bertz CT molecular complexity index is 1010. The fraction of sp³-hybridized carbons (Fsp3) is 0.0909. The molecular formula is C22H18. The van der Waals surface area contributed by atoms with E-state index in [1.165, 1.54) is 38.2 Å². The molecule has 0 heterocycles. The molecule has 0 aliphatic heterocycles. The van der Waals surface area contributed by atoms with Crippen LogP contribution in [0.25, 0.3) is 46.4 Å². The normalized spacial score (nSPS) is 14.0. The van der Waals surface area contributed by atoms with Crippen LogP contribution in [0, 0.1) is 0 Å². The minimum atomic E-state index is 0.998. The van der Waals surface area contributed by atoms with Gasteiger partial charge in [0.1, 0.15) is 0 Å². The lowest BCUT2D eigenvalue weighted by atomic mass is 9.90. The molecule has 0 bridgehead atoms. The number of allylic oxidation sites excluding steroid dienone is 3. The van der Waals surface area contributed by atoms with Gasteiger partial charge in [-0.25, -0.2) is 0 Å². The lowest BCUT2D eigenvalue weighted by Gasteiger charge is -2.14. The number of hydrogen-bond acceptors (Lipinski definition) is 0. The van der Waals surface area contributed by atoms with E-state index >= 15 is 0 Å². The van der Waals surface area contributed by atoms with Crippen molar-refractivity contribution in [3.63, 3.8) is 0 Å². The highest BCUT2D eigenvalue weighted by molar-refractivity contribution is 6.16. The Morgan fingerprint density at radius 2 is 1.86 bits per heavy atom. The van der Waals surface area contributed by atoms with Gasteiger partial charge in [-0.3, -0.25) is 0 Å². The lowest BCUT2D eigenvalue weighted by Crippen LogP contribution is -2.02. The summed E-state index contributed by atoms with van der Waals surface area (Å²) in [6.07, 6.45) is 14.2. The molecule has 106 valence electrons. The van der Waals surface area contributed by atoms with Gasteiger partial charge < -0.3 is 0 Å². The van der Waals surface area contributed by atoms with E-state index in [-0.39, 0.29) is 0 Å². The third-order valence-electron chi connectivity index (χ3n) is 4.42. The molecule has 1 aliphatic carbocycles. The maximum atomic E-state index is 4.26. The Kier molecular flexibility index (Phi) is 2.97. The summed E-state index contributed by atoms with van der Waals surface area (Å²) < 4.78 is 0. The van der Waals surface area contributed by atoms with Crippen LogP contribution in [0.5, 0.6) is 0 Å². The summed E-state index contributed by atoms with van der Waals surface area (Å²) in [5, 5.41) is 6.32. The Morgan fingerprint density at radius 1 is 1.00 bits per heavy atom. The zero-order chi connectivity index (χ0) is 15.1. The second-order valence-electron chi connectivity index (χ2n) is 5.82. The van der Waals surface area contributed by atoms with Crippen LogP contribution in [0.1, 0.15) is 30.0 Å². The fourth-order valence-electron chi connectivity index (χ4n) is 3.47. The summed E-state index contributed by atoms with van der Waals surface area (Å²) >= 11 is 0. The number of benzene rings is 3. The molecule has 0 heteroatoms. The van der Waals surface area contributed by atoms with E-state index in [2.05, 4.69) is 80.3 Å². The van der Waals surface area contributed by atoms with E-state index in [1.54, 1.807) is 0 Å². The molecule has 0 N–H and O–H groups in total. The summed E-state index contributed by atoms with van der Waals surface area (Å²) in [6.45, 7) is 6.32. The SMILES string of the molecule is C=c1ccc2cc3c(c4ccc(/C=C\C)c1c24)C=CCC=C3. The fourth-order valence-corrected chi connectivity index (χ4v) is 3.47. The van der Waals surface area contributed by atoms with Gasteiger partial charge in [0, 0.05) is 0 Å². The molecule has 0 nitrogen and oxygen atoms in total. The first-order valence-corrected chi connectivity index (χ1v) is 7.76. The summed E-state index contributed by atoms with van der Waals surface area (Å²) in [5.41, 5.74) is 3.88. The van der Waals surface area contributed by atoms with E-state index in [0.29, 0.717) is 0 Å². The van der Waals surface area contributed by atoms with Crippen molar-refractivity contribution < 1.29 is 0 Å². The molecule has 0 saturated carbocycles. The van der Waals surface area contributed by atoms with Crippen LogP contribution in [-0.4, -0.2) is 0 Å². The van der Waals surface area contributed by atoms with Crippen LogP contribution < -0.4 is 5.22 Å². The standard InChI is InChI=1S/C22H18/c1-3-7-16-12-13-20-19-9-6-4-5-8-17(19)14-18-11-10-15(2)21(16)22(18)20/h3,5-14H,2,4H2,1H3/b7-3-. The molecule has 0 radical (unpaired) electrons. The second-order valence-corrected chi connectivity index (χ2v) is 5.82. The molecule has 0 aromatic heterocycles. The maximum Gasteiger partial charge on any atom is -0.00206 e. The van der Waals surface area contributed by atoms with Crippen LogP contribution >= 0.6 is 0 Å². The lowest BCUT2D eigenvalue weighted by molar-refractivity contribution is 1.44. The quantitative estimate of drug-likeness (QED) is 0.546. The van der Waals surface area contributed by atoms with E-state index in [1.807, 2.05) is 0 Å². The molecule has 4 rings (SSSR count). The smallest absolute Gasteiger partial charge is 0.00206 e. The van der Waals surface area contributed by atoms with Gasteiger partial charge in [0.25, 0.3) is 0 Å². The molecule has 0 atom stereocenters. The largest absolute Gasteiger partial charge is 0.0911 e. The van der Waals surface area contributed by atoms with Gasteiger partial charge in [-0.15, -0.1) is 0 Å². The van der Waals surface area contributed by atoms with Crippen molar-refractivity contribution in [2.75, 3.05) is 0 Å². The molecule has 0 unspecified atom stereocenters. The third kappa shape index (κ3) is 1.84. The minimum absolute atomic E-state index is 0.998. The van der Waals surface area contributed by atoms with Gasteiger partial charge in [-0.2, -0.15) is 0 Å². The van der Waals surface area contributed by atoms with Crippen LogP contribution in [-0.2, 0) is 0 Å². The summed E-state index contributed by atoms with van der Waals surface area (Å²) in [4.78, 5) is 0. The van der Waals surface area contributed by atoms with E-state index in [0.717, 1.165) is 11.6 Å². The molecule has 22 heavy (non-hydrogen) atoms. The van der Waals surface area contributed by atoms with Crippen molar-refractivity contribution in [1.29, 1.82) is 0 Å². The molecule has 0 amide bonds. The highest BCUT2D eigenvalue weighted by Gasteiger charge is 2.12. The Labute approximate surface area is 130 Å². The van der Waals surface area contributed by atoms with Crippen LogP contribution in [0.15, 0.2) is 48.6 Å². The van der Waals surface area contributed by atoms with Crippen molar-refractivity contribution in [3.05, 3.63) is 70.5 Å². The monoisotopic (exact) mass is 282 g/mol. The Morgan fingerprint density at radius 3 is 2.73 bits per heavy atom. The van der Waals surface area contributed by atoms with Gasteiger partial charge in [0.15, 0.2) is 0 Å². The first-order valence-electron chi connectivity index (χ1n) is 7.76. The zero-order valence-corrected chi connectivity index (χ0v) is 12.8. The molecule has 0 spiro atoms. The van der Waals surface area contributed by atoms with Crippen molar-refractivity contribution >= 4 is 46.4 Å². The van der Waals surface area contributed by atoms with Crippen molar-refractivity contribution in [1.82, 2.24) is 0 Å². The number of fused-ring (bicyclic) bond motifs is 2. The van der Waals surface area contributed by atoms with Crippen LogP contribution in [0.3, 0.4) is 0 Å². The highest BCUT2D eigenvalue weighted by atomic mass is 14.2. The van der Waals surface area contributed by atoms with E-state index < -0.39 is 0 Å². The minimum Gasteiger partial charge on any atom is -0.0911 e. The summed E-state index contributed by atoms with van der Waals surface area (Å²) in [5.74, 6) is 0. The topological polar surface area (TPSA) is 0 Å². The molecule has 3 aromatic carbocycles. The zero-order valence-electron chi connectivity index (χ0n) is 12.8. The first-order chi connectivity index (χ1) is 10.8. The highest BCUT2D eigenvalue weighted by Crippen LogP contribution is 2.34. The average molecular weight is 282 g/mol. The molecule has 3 aromatic rings. The molecular weight excluding hydrogens is 264 g/mol. The Hall–Kier alpha value is -2.60. The van der Waals surface area contributed by atoms with Crippen molar-refractivity contribution in [2.24, 2.45) is 0 Å². The number of rotatable bonds is 1. The third-order valence-corrected chi connectivity index (χ3v) is 4.42. The van der Waals surface area contributed by atoms with Crippen LogP contribution in [0.4, 0.5) is 0 Å². The molecule has 0 fully saturated rings. The molecule has 0 saturated heterocycles. The predicted molar refractivity (Wildman–Crippen MR) is 99.6 cm³/mol. The van der Waals surface area contributed by atoms with Gasteiger partial charge >= 0.3 is 0 Å². The summed E-state index contributed by atoms with van der Waals surface area (Å²) in [7, 11) is 0. The first kappa shape index (κ1) is 13.1. The van der Waals surface area contributed by atoms with Crippen LogP contribution in [0.2, 0.25) is 0 Å². The van der Waals surface area contributed by atoms with Crippen molar-refractivity contribution in [3.8, 4) is 0 Å². The predicted octanol–water partition coefficient (Wildman–Crippen LogP) is 5.59. The molecule has 1 aliphatic rings. The van der Waals surface area contributed by atoms with Gasteiger partial charge in [0.2, 0.25) is 0 Å². The van der Waals surface area contributed by atoms with Gasteiger partial charge in [-0.1, -0.05) is 67.3 Å². The van der Waals surface area contributed by atoms with Crippen molar-refractivity contribution in [2.45, 2.75) is 13.3 Å². The Balaban J connectivity index is 2.27. The van der Waals surface area contributed by atoms with Gasteiger partial charge in [0.05, 0.1) is 0 Å².